The number of aromatic nitrogens is 1. The molecule has 0 radical (unpaired) electrons. The molecule has 1 aromatic rings. The molecule has 72 valence electrons. The summed E-state index contributed by atoms with van der Waals surface area (Å²) in [5.74, 6) is -0.302. The number of oxazole rings is 1. The van der Waals surface area contributed by atoms with E-state index in [9.17, 15) is 4.79 Å². The summed E-state index contributed by atoms with van der Waals surface area (Å²) in [5.41, 5.74) is 12.1. The van der Waals surface area contributed by atoms with E-state index in [1.165, 1.54) is 6.20 Å². The Kier molecular flexibility index (Phi) is 2.46. The molecule has 0 saturated heterocycles. The van der Waals surface area contributed by atoms with E-state index in [4.69, 9.17) is 11.5 Å². The van der Waals surface area contributed by atoms with E-state index in [2.05, 4.69) is 9.40 Å². The van der Waals surface area contributed by atoms with Crippen molar-refractivity contribution in [1.29, 1.82) is 0 Å². The Morgan fingerprint density at radius 3 is 2.54 bits per heavy atom. The van der Waals surface area contributed by atoms with Crippen LogP contribution in [-0.4, -0.2) is 4.98 Å². The molecule has 5 nitrogen and oxygen atoms in total. The third-order valence-electron chi connectivity index (χ3n) is 1.77. The monoisotopic (exact) mass is 183 g/mol. The standard InChI is InChI=1S/C8H13N3O2/c1-4(2)5(3-9)6-7(10)13-8(12)11-6/h3-4H,9-10H2,1-2H3,(H,11,12)/b5-3-. The molecule has 1 heterocycles. The van der Waals surface area contributed by atoms with E-state index in [1.54, 1.807) is 0 Å². The second-order valence-corrected chi connectivity index (χ2v) is 3.03. The summed E-state index contributed by atoms with van der Waals surface area (Å²) in [4.78, 5) is 13.3. The van der Waals surface area contributed by atoms with Gasteiger partial charge in [0, 0.05) is 0 Å². The van der Waals surface area contributed by atoms with Crippen LogP contribution in [0.3, 0.4) is 0 Å². The van der Waals surface area contributed by atoms with Crippen molar-refractivity contribution in [1.82, 2.24) is 4.98 Å². The molecule has 0 aromatic carbocycles. The SMILES string of the molecule is CC(C)/C(=C/N)c1[nH]c(=O)oc1N. The quantitative estimate of drug-likeness (QED) is 0.622. The average molecular weight is 183 g/mol. The van der Waals surface area contributed by atoms with Crippen molar-refractivity contribution in [3.8, 4) is 0 Å². The van der Waals surface area contributed by atoms with Crippen LogP contribution in [0, 0.1) is 5.92 Å². The van der Waals surface area contributed by atoms with Crippen LogP contribution in [0.2, 0.25) is 0 Å². The Morgan fingerprint density at radius 2 is 2.23 bits per heavy atom. The number of aromatic amines is 1. The van der Waals surface area contributed by atoms with Gasteiger partial charge in [-0.15, -0.1) is 0 Å². The molecule has 0 unspecified atom stereocenters. The van der Waals surface area contributed by atoms with Gasteiger partial charge < -0.3 is 15.9 Å². The maximum Gasteiger partial charge on any atom is 0.418 e. The molecule has 0 saturated carbocycles. The highest BCUT2D eigenvalue weighted by atomic mass is 16.4. The zero-order chi connectivity index (χ0) is 10.0. The van der Waals surface area contributed by atoms with Crippen LogP contribution in [0.4, 0.5) is 5.88 Å². The summed E-state index contributed by atoms with van der Waals surface area (Å²) in [6.45, 7) is 3.90. The first-order valence-electron chi connectivity index (χ1n) is 3.97. The number of allylic oxidation sites excluding steroid dienone is 1. The highest BCUT2D eigenvalue weighted by molar-refractivity contribution is 5.69. The first-order chi connectivity index (χ1) is 6.06. The summed E-state index contributed by atoms with van der Waals surface area (Å²) >= 11 is 0. The summed E-state index contributed by atoms with van der Waals surface area (Å²) in [6, 6.07) is 0. The fraction of sp³-hybridized carbons (Fsp3) is 0.375. The highest BCUT2D eigenvalue weighted by Crippen LogP contribution is 2.23. The second-order valence-electron chi connectivity index (χ2n) is 3.03. The lowest BCUT2D eigenvalue weighted by molar-refractivity contribution is 0.533. The van der Waals surface area contributed by atoms with E-state index in [0.717, 1.165) is 5.57 Å². The highest BCUT2D eigenvalue weighted by Gasteiger charge is 2.13. The van der Waals surface area contributed by atoms with E-state index >= 15 is 0 Å². The number of anilines is 1. The zero-order valence-electron chi connectivity index (χ0n) is 7.63. The van der Waals surface area contributed by atoms with Gasteiger partial charge in [-0.05, 0) is 17.7 Å². The summed E-state index contributed by atoms with van der Waals surface area (Å²) in [5, 5.41) is 0. The van der Waals surface area contributed by atoms with Gasteiger partial charge in [0.1, 0.15) is 5.69 Å². The molecule has 0 aliphatic carbocycles. The molecule has 0 fully saturated rings. The summed E-state index contributed by atoms with van der Waals surface area (Å²) in [7, 11) is 0. The van der Waals surface area contributed by atoms with Crippen molar-refractivity contribution in [3.05, 3.63) is 22.4 Å². The van der Waals surface area contributed by atoms with Crippen molar-refractivity contribution in [3.63, 3.8) is 0 Å². The molecule has 0 spiro atoms. The van der Waals surface area contributed by atoms with Gasteiger partial charge in [-0.3, -0.25) is 4.98 Å². The molecule has 1 rings (SSSR count). The van der Waals surface area contributed by atoms with E-state index in [-0.39, 0.29) is 11.8 Å². The van der Waals surface area contributed by atoms with Gasteiger partial charge in [-0.25, -0.2) is 4.79 Å². The Balaban J connectivity index is 3.20. The minimum atomic E-state index is -0.563. The molecule has 0 bridgehead atoms. The lowest BCUT2D eigenvalue weighted by Crippen LogP contribution is -2.02. The predicted octanol–water partition coefficient (Wildman–Crippen LogP) is 0.506. The maximum absolute atomic E-state index is 10.8. The molecule has 13 heavy (non-hydrogen) atoms. The first kappa shape index (κ1) is 9.44. The predicted molar refractivity (Wildman–Crippen MR) is 50.7 cm³/mol. The number of hydrogen-bond acceptors (Lipinski definition) is 4. The van der Waals surface area contributed by atoms with Crippen molar-refractivity contribution in [2.24, 2.45) is 11.7 Å². The molecule has 0 aliphatic rings. The molecular weight excluding hydrogens is 170 g/mol. The normalized spacial score (nSPS) is 12.4. The molecule has 0 amide bonds. The fourth-order valence-electron chi connectivity index (χ4n) is 1.12. The maximum atomic E-state index is 10.8. The Morgan fingerprint density at radius 1 is 1.62 bits per heavy atom. The molecular formula is C8H13N3O2. The van der Waals surface area contributed by atoms with Crippen molar-refractivity contribution in [2.45, 2.75) is 13.8 Å². The molecule has 5 N–H and O–H groups in total. The third-order valence-corrected chi connectivity index (χ3v) is 1.77. The van der Waals surface area contributed by atoms with E-state index < -0.39 is 5.76 Å². The lowest BCUT2D eigenvalue weighted by atomic mass is 10.0. The van der Waals surface area contributed by atoms with Gasteiger partial charge in [0.2, 0.25) is 5.88 Å². The topological polar surface area (TPSA) is 98.0 Å². The van der Waals surface area contributed by atoms with Crippen LogP contribution in [0.5, 0.6) is 0 Å². The van der Waals surface area contributed by atoms with E-state index in [0.29, 0.717) is 5.69 Å². The van der Waals surface area contributed by atoms with Gasteiger partial charge >= 0.3 is 5.76 Å². The second kappa shape index (κ2) is 3.38. The Bertz CT molecular complexity index is 373. The smallest absolute Gasteiger partial charge is 0.404 e. The van der Waals surface area contributed by atoms with Crippen LogP contribution in [0.25, 0.3) is 5.57 Å². The van der Waals surface area contributed by atoms with Crippen molar-refractivity contribution < 1.29 is 4.42 Å². The van der Waals surface area contributed by atoms with Crippen LogP contribution in [0.15, 0.2) is 15.4 Å². The number of hydrogen-bond donors (Lipinski definition) is 3. The third kappa shape index (κ3) is 1.74. The van der Waals surface area contributed by atoms with Crippen LogP contribution in [0.1, 0.15) is 19.5 Å². The summed E-state index contributed by atoms with van der Waals surface area (Å²) < 4.78 is 4.62. The Labute approximate surface area is 75.4 Å². The van der Waals surface area contributed by atoms with Crippen molar-refractivity contribution >= 4 is 11.5 Å². The number of H-pyrrole nitrogens is 1. The number of rotatable bonds is 2. The first-order valence-corrected chi connectivity index (χ1v) is 3.97. The zero-order valence-corrected chi connectivity index (χ0v) is 7.63. The van der Waals surface area contributed by atoms with Gasteiger partial charge in [0.15, 0.2) is 0 Å². The summed E-state index contributed by atoms with van der Waals surface area (Å²) in [6.07, 6.45) is 1.42. The largest absolute Gasteiger partial charge is 0.418 e. The molecule has 5 heteroatoms. The van der Waals surface area contributed by atoms with Gasteiger partial charge in [-0.1, -0.05) is 13.8 Å². The molecule has 1 aromatic heterocycles. The van der Waals surface area contributed by atoms with Gasteiger partial charge in [-0.2, -0.15) is 0 Å². The number of nitrogens with one attached hydrogen (secondary N) is 1. The van der Waals surface area contributed by atoms with Gasteiger partial charge in [0.25, 0.3) is 0 Å². The van der Waals surface area contributed by atoms with Gasteiger partial charge in [0.05, 0.1) is 0 Å². The van der Waals surface area contributed by atoms with Crippen LogP contribution >= 0.6 is 0 Å². The number of nitrogens with two attached hydrogens (primary N) is 2. The minimum absolute atomic E-state index is 0.0791. The lowest BCUT2D eigenvalue weighted by Gasteiger charge is -2.07. The fourth-order valence-corrected chi connectivity index (χ4v) is 1.12. The number of nitrogen functional groups attached to an aromatic ring is 1. The van der Waals surface area contributed by atoms with Crippen LogP contribution in [-0.2, 0) is 0 Å². The van der Waals surface area contributed by atoms with Crippen LogP contribution < -0.4 is 17.2 Å². The average Bonchev–Trinajstić information content (AvgIpc) is 2.31. The van der Waals surface area contributed by atoms with Crippen molar-refractivity contribution in [2.75, 3.05) is 5.73 Å². The molecule has 0 atom stereocenters. The van der Waals surface area contributed by atoms with E-state index in [1.807, 2.05) is 13.8 Å². The Hall–Kier alpha value is -1.65. The minimum Gasteiger partial charge on any atom is -0.404 e. The molecule has 0 aliphatic heterocycles.